The summed E-state index contributed by atoms with van der Waals surface area (Å²) in [5.74, 6) is 0.739. The molecule has 0 aromatic heterocycles. The molecule has 3 N–H and O–H groups in total. The number of allylic oxidation sites excluding steroid dienone is 1. The van der Waals surface area contributed by atoms with Crippen LogP contribution in [0.25, 0.3) is 0 Å². The maximum atomic E-state index is 11.1. The molecule has 23 heavy (non-hydrogen) atoms. The summed E-state index contributed by atoms with van der Waals surface area (Å²) in [7, 11) is 0. The van der Waals surface area contributed by atoms with Crippen molar-refractivity contribution in [3.05, 3.63) is 11.6 Å². The molecular formula is C20H36O3. The van der Waals surface area contributed by atoms with Crippen molar-refractivity contribution in [3.63, 3.8) is 0 Å². The van der Waals surface area contributed by atoms with Gasteiger partial charge in [-0.2, -0.15) is 0 Å². The number of fused-ring (bicyclic) bond motifs is 1. The van der Waals surface area contributed by atoms with Gasteiger partial charge in [0.1, 0.15) is 0 Å². The van der Waals surface area contributed by atoms with E-state index in [9.17, 15) is 10.2 Å². The minimum absolute atomic E-state index is 0.00225. The van der Waals surface area contributed by atoms with E-state index in [1.807, 2.05) is 13.0 Å². The molecule has 5 atom stereocenters. The summed E-state index contributed by atoms with van der Waals surface area (Å²) >= 11 is 0. The van der Waals surface area contributed by atoms with Crippen LogP contribution < -0.4 is 0 Å². The van der Waals surface area contributed by atoms with Crippen molar-refractivity contribution in [1.29, 1.82) is 0 Å². The second-order valence-corrected chi connectivity index (χ2v) is 8.94. The highest BCUT2D eigenvalue weighted by molar-refractivity contribution is 5.09. The van der Waals surface area contributed by atoms with Crippen molar-refractivity contribution in [2.24, 2.45) is 22.7 Å². The number of aliphatic hydroxyl groups is 3. The highest BCUT2D eigenvalue weighted by Crippen LogP contribution is 2.62. The zero-order valence-corrected chi connectivity index (χ0v) is 15.4. The van der Waals surface area contributed by atoms with Gasteiger partial charge in [0.05, 0.1) is 12.2 Å². The van der Waals surface area contributed by atoms with E-state index in [0.29, 0.717) is 5.92 Å². The molecule has 0 bridgehead atoms. The van der Waals surface area contributed by atoms with Gasteiger partial charge in [-0.15, -0.1) is 0 Å². The topological polar surface area (TPSA) is 60.7 Å². The van der Waals surface area contributed by atoms with E-state index in [4.69, 9.17) is 5.11 Å². The fraction of sp³-hybridized carbons (Fsp3) is 0.900. The predicted octanol–water partition coefficient (Wildman–Crippen LogP) is 3.67. The first-order valence-corrected chi connectivity index (χ1v) is 9.29. The molecule has 2 aliphatic carbocycles. The zero-order valence-electron chi connectivity index (χ0n) is 15.4. The van der Waals surface area contributed by atoms with E-state index in [1.54, 1.807) is 0 Å². The first kappa shape index (κ1) is 19.0. The molecule has 0 heterocycles. The number of rotatable bonds is 5. The Bertz CT molecular complexity index is 442. The molecule has 3 heteroatoms. The van der Waals surface area contributed by atoms with Crippen molar-refractivity contribution in [2.75, 3.05) is 13.2 Å². The fourth-order valence-electron chi connectivity index (χ4n) is 5.89. The van der Waals surface area contributed by atoms with Gasteiger partial charge in [0, 0.05) is 6.61 Å². The van der Waals surface area contributed by atoms with Gasteiger partial charge in [-0.25, -0.2) is 0 Å². The molecule has 134 valence electrons. The third-order valence-electron chi connectivity index (χ3n) is 7.21. The summed E-state index contributed by atoms with van der Waals surface area (Å²) in [5, 5.41) is 30.2. The molecule has 2 fully saturated rings. The Hall–Kier alpha value is -0.380. The average Bonchev–Trinajstić information content (AvgIpc) is 2.46. The van der Waals surface area contributed by atoms with Crippen molar-refractivity contribution >= 4 is 0 Å². The van der Waals surface area contributed by atoms with Crippen LogP contribution in [0.15, 0.2) is 11.6 Å². The molecule has 0 aromatic carbocycles. The maximum Gasteiger partial charge on any atom is 0.0653 e. The second-order valence-electron chi connectivity index (χ2n) is 8.94. The van der Waals surface area contributed by atoms with Gasteiger partial charge in [-0.1, -0.05) is 31.9 Å². The van der Waals surface area contributed by atoms with Crippen molar-refractivity contribution in [2.45, 2.75) is 78.2 Å². The van der Waals surface area contributed by atoms with Crippen LogP contribution >= 0.6 is 0 Å². The lowest BCUT2D eigenvalue weighted by molar-refractivity contribution is -0.179. The molecule has 0 amide bonds. The molecule has 0 unspecified atom stereocenters. The zero-order chi connectivity index (χ0) is 17.3. The van der Waals surface area contributed by atoms with E-state index in [0.717, 1.165) is 44.9 Å². The first-order valence-electron chi connectivity index (χ1n) is 9.29. The summed E-state index contributed by atoms with van der Waals surface area (Å²) in [6.07, 6.45) is 9.00. The second kappa shape index (κ2) is 6.85. The summed E-state index contributed by atoms with van der Waals surface area (Å²) in [5.41, 5.74) is 0.669. The molecular weight excluding hydrogens is 288 g/mol. The lowest BCUT2D eigenvalue weighted by atomic mass is 9.45. The molecule has 0 radical (unpaired) electrons. The van der Waals surface area contributed by atoms with Crippen LogP contribution in [-0.4, -0.2) is 34.1 Å². The molecule has 2 aliphatic rings. The maximum absolute atomic E-state index is 11.1. The van der Waals surface area contributed by atoms with Crippen LogP contribution in [0.3, 0.4) is 0 Å². The van der Waals surface area contributed by atoms with Gasteiger partial charge in [0.2, 0.25) is 0 Å². The Morgan fingerprint density at radius 3 is 2.43 bits per heavy atom. The molecule has 3 nitrogen and oxygen atoms in total. The Balaban J connectivity index is 2.27. The molecule has 0 saturated heterocycles. The van der Waals surface area contributed by atoms with Gasteiger partial charge in [-0.05, 0) is 75.0 Å². The summed E-state index contributed by atoms with van der Waals surface area (Å²) in [4.78, 5) is 0. The van der Waals surface area contributed by atoms with Crippen molar-refractivity contribution in [3.8, 4) is 0 Å². The number of hydrogen-bond donors (Lipinski definition) is 3. The summed E-state index contributed by atoms with van der Waals surface area (Å²) in [6.45, 7) is 9.01. The van der Waals surface area contributed by atoms with E-state index in [-0.39, 0.29) is 30.0 Å². The lowest BCUT2D eigenvalue weighted by Gasteiger charge is -2.61. The largest absolute Gasteiger partial charge is 0.396 e. The molecule has 2 saturated carbocycles. The van der Waals surface area contributed by atoms with Crippen LogP contribution in [0.4, 0.5) is 0 Å². The molecule has 2 rings (SSSR count). The Kier molecular flexibility index (Phi) is 5.65. The van der Waals surface area contributed by atoms with Crippen LogP contribution in [0.2, 0.25) is 0 Å². The smallest absolute Gasteiger partial charge is 0.0653 e. The third kappa shape index (κ3) is 3.52. The minimum atomic E-state index is -0.627. The van der Waals surface area contributed by atoms with E-state index >= 15 is 0 Å². The fourth-order valence-corrected chi connectivity index (χ4v) is 5.89. The van der Waals surface area contributed by atoms with Crippen LogP contribution in [-0.2, 0) is 0 Å². The lowest BCUT2D eigenvalue weighted by Crippen LogP contribution is -2.58. The highest BCUT2D eigenvalue weighted by atomic mass is 16.3. The summed E-state index contributed by atoms with van der Waals surface area (Å²) in [6, 6.07) is 0. The average molecular weight is 325 g/mol. The van der Waals surface area contributed by atoms with Crippen molar-refractivity contribution in [1.82, 2.24) is 0 Å². The Labute approximate surface area is 141 Å². The van der Waals surface area contributed by atoms with Gasteiger partial charge in [-0.3, -0.25) is 0 Å². The third-order valence-corrected chi connectivity index (χ3v) is 7.21. The SMILES string of the molecule is C/C(=C/CO)CC[C@H]1[C@]2(C)CCC[C@](C)(CO)[C@@H]2CC[C@]1(C)O. The first-order chi connectivity index (χ1) is 10.7. The number of hydrogen-bond acceptors (Lipinski definition) is 3. The van der Waals surface area contributed by atoms with Gasteiger partial charge < -0.3 is 15.3 Å². The predicted molar refractivity (Wildman–Crippen MR) is 94.1 cm³/mol. The molecule has 0 spiro atoms. The Morgan fingerprint density at radius 2 is 1.83 bits per heavy atom. The van der Waals surface area contributed by atoms with Crippen LogP contribution in [0.1, 0.15) is 72.6 Å². The van der Waals surface area contributed by atoms with E-state index in [1.165, 1.54) is 5.57 Å². The van der Waals surface area contributed by atoms with Gasteiger partial charge in [0.25, 0.3) is 0 Å². The van der Waals surface area contributed by atoms with Crippen LogP contribution in [0.5, 0.6) is 0 Å². The monoisotopic (exact) mass is 324 g/mol. The molecule has 0 aliphatic heterocycles. The highest BCUT2D eigenvalue weighted by Gasteiger charge is 2.58. The minimum Gasteiger partial charge on any atom is -0.396 e. The van der Waals surface area contributed by atoms with Crippen molar-refractivity contribution < 1.29 is 15.3 Å². The normalized spacial score (nSPS) is 44.9. The Morgan fingerprint density at radius 1 is 1.13 bits per heavy atom. The van der Waals surface area contributed by atoms with Gasteiger partial charge >= 0.3 is 0 Å². The molecule has 0 aromatic rings. The standard InChI is InChI=1S/C20H36O3/c1-15(9-13-21)6-7-17-19(3)11-5-10-18(2,14-22)16(19)8-12-20(17,4)23/h9,16-17,21-23H,5-8,10-14H2,1-4H3/b15-9-/t16-,17-,18+,19+,20-/m0/s1. The quantitative estimate of drug-likeness (QED) is 0.676. The number of aliphatic hydroxyl groups excluding tert-OH is 2. The van der Waals surface area contributed by atoms with Crippen LogP contribution in [0, 0.1) is 22.7 Å². The van der Waals surface area contributed by atoms with E-state index < -0.39 is 5.60 Å². The van der Waals surface area contributed by atoms with Gasteiger partial charge in [0.15, 0.2) is 0 Å². The van der Waals surface area contributed by atoms with E-state index in [2.05, 4.69) is 20.8 Å². The summed E-state index contributed by atoms with van der Waals surface area (Å²) < 4.78 is 0.